The molecule has 1 atom stereocenters. The number of hydrogen-bond acceptors (Lipinski definition) is 6. The lowest BCUT2D eigenvalue weighted by molar-refractivity contribution is -0.136. The van der Waals surface area contributed by atoms with Crippen molar-refractivity contribution in [1.82, 2.24) is 24.6 Å². The molecular formula is C24H26FN7O2. The predicted molar refractivity (Wildman–Crippen MR) is 124 cm³/mol. The van der Waals surface area contributed by atoms with Gasteiger partial charge in [-0.1, -0.05) is 0 Å². The minimum absolute atomic E-state index is 0.0105. The highest BCUT2D eigenvalue weighted by molar-refractivity contribution is 6.00. The minimum atomic E-state index is -0.388. The maximum Gasteiger partial charge on any atom is 0.228 e. The number of rotatable bonds is 4. The van der Waals surface area contributed by atoms with Gasteiger partial charge in [0.1, 0.15) is 18.0 Å². The molecule has 5 rings (SSSR count). The van der Waals surface area contributed by atoms with Gasteiger partial charge < -0.3 is 14.7 Å². The molecule has 0 N–H and O–H groups in total. The first-order chi connectivity index (χ1) is 16.4. The number of nitrogens with zero attached hydrogens (tertiary/aromatic N) is 7. The molecule has 2 fully saturated rings. The first kappa shape index (κ1) is 22.0. The summed E-state index contributed by atoms with van der Waals surface area (Å²) in [6, 6.07) is 9.70. The van der Waals surface area contributed by atoms with Gasteiger partial charge in [0, 0.05) is 56.6 Å². The fourth-order valence-corrected chi connectivity index (χ4v) is 4.64. The number of hydrogen-bond donors (Lipinski definition) is 0. The Morgan fingerprint density at radius 3 is 2.38 bits per heavy atom. The van der Waals surface area contributed by atoms with Gasteiger partial charge in [-0.2, -0.15) is 5.10 Å². The number of carbonyl (C=O) groups excluding carboxylic acids is 2. The Hall–Kier alpha value is -3.82. The van der Waals surface area contributed by atoms with E-state index >= 15 is 0 Å². The molecule has 10 heteroatoms. The molecule has 3 aromatic rings. The van der Waals surface area contributed by atoms with Gasteiger partial charge in [-0.25, -0.2) is 19.0 Å². The second kappa shape index (κ2) is 8.85. The second-order valence-electron chi connectivity index (χ2n) is 8.77. The van der Waals surface area contributed by atoms with Gasteiger partial charge in [0.25, 0.3) is 0 Å². The number of halogens is 1. The molecule has 2 saturated heterocycles. The fourth-order valence-electron chi connectivity index (χ4n) is 4.64. The van der Waals surface area contributed by atoms with E-state index in [1.165, 1.54) is 18.5 Å². The van der Waals surface area contributed by atoms with Crippen LogP contribution >= 0.6 is 0 Å². The predicted octanol–water partition coefficient (Wildman–Crippen LogP) is 2.12. The van der Waals surface area contributed by atoms with Crippen molar-refractivity contribution in [2.24, 2.45) is 5.92 Å². The molecular weight excluding hydrogens is 437 g/mol. The van der Waals surface area contributed by atoms with Gasteiger partial charge in [0.05, 0.1) is 11.6 Å². The van der Waals surface area contributed by atoms with Gasteiger partial charge in [0.2, 0.25) is 11.8 Å². The van der Waals surface area contributed by atoms with Crippen molar-refractivity contribution >= 4 is 23.3 Å². The van der Waals surface area contributed by atoms with Crippen LogP contribution in [0.4, 0.5) is 15.9 Å². The lowest BCUT2D eigenvalue weighted by Gasteiger charge is -2.36. The van der Waals surface area contributed by atoms with Crippen LogP contribution in [0.1, 0.15) is 17.8 Å². The molecule has 9 nitrogen and oxygen atoms in total. The van der Waals surface area contributed by atoms with E-state index in [-0.39, 0.29) is 30.0 Å². The van der Waals surface area contributed by atoms with Crippen LogP contribution in [0, 0.1) is 25.6 Å². The number of anilines is 2. The highest BCUT2D eigenvalue weighted by Crippen LogP contribution is 2.27. The summed E-state index contributed by atoms with van der Waals surface area (Å²) < 4.78 is 15.0. The van der Waals surface area contributed by atoms with Crippen LogP contribution in [0.25, 0.3) is 5.82 Å². The monoisotopic (exact) mass is 463 g/mol. The SMILES string of the molecule is Cc1cc(C)n(-c2cc(N3CCN(C(=O)C4CC(=O)N(c5ccc(F)cc5)C4)CC3)ncn2)n1. The smallest absolute Gasteiger partial charge is 0.228 e. The normalized spacial score (nSPS) is 18.6. The van der Waals surface area contributed by atoms with Gasteiger partial charge in [-0.15, -0.1) is 0 Å². The Balaban J connectivity index is 1.21. The summed E-state index contributed by atoms with van der Waals surface area (Å²) in [6.07, 6.45) is 1.71. The Bertz CT molecular complexity index is 1220. The first-order valence-corrected chi connectivity index (χ1v) is 11.3. The summed E-state index contributed by atoms with van der Waals surface area (Å²) in [5.41, 5.74) is 2.54. The Morgan fingerprint density at radius 2 is 1.71 bits per heavy atom. The molecule has 4 heterocycles. The third kappa shape index (κ3) is 4.23. The number of carbonyl (C=O) groups is 2. The van der Waals surface area contributed by atoms with Gasteiger partial charge >= 0.3 is 0 Å². The largest absolute Gasteiger partial charge is 0.353 e. The summed E-state index contributed by atoms with van der Waals surface area (Å²) in [5, 5.41) is 4.49. The summed E-state index contributed by atoms with van der Waals surface area (Å²) in [7, 11) is 0. The van der Waals surface area contributed by atoms with Crippen molar-refractivity contribution in [3.05, 3.63) is 59.9 Å². The fraction of sp³-hybridized carbons (Fsp3) is 0.375. The standard InChI is InChI=1S/C24H26FN7O2/c1-16-11-17(2)32(28-16)22-13-21(26-15-27-22)29-7-9-30(10-8-29)24(34)18-12-23(33)31(14-18)20-5-3-19(25)4-6-20/h3-6,11,13,15,18H,7-10,12,14H2,1-2H3. The molecule has 0 spiro atoms. The summed E-state index contributed by atoms with van der Waals surface area (Å²) in [5.74, 6) is 0.639. The third-order valence-electron chi connectivity index (χ3n) is 6.39. The maximum absolute atomic E-state index is 13.2. The highest BCUT2D eigenvalue weighted by atomic mass is 19.1. The van der Waals surface area contributed by atoms with Crippen molar-refractivity contribution in [2.45, 2.75) is 20.3 Å². The Labute approximate surface area is 196 Å². The van der Waals surface area contributed by atoms with Crippen LogP contribution in [-0.4, -0.2) is 69.2 Å². The van der Waals surface area contributed by atoms with Crippen LogP contribution in [0.5, 0.6) is 0 Å². The molecule has 2 aliphatic rings. The number of amides is 2. The van der Waals surface area contributed by atoms with Crippen LogP contribution < -0.4 is 9.80 Å². The number of piperazine rings is 1. The van der Waals surface area contributed by atoms with Crippen molar-refractivity contribution < 1.29 is 14.0 Å². The minimum Gasteiger partial charge on any atom is -0.353 e. The van der Waals surface area contributed by atoms with E-state index in [1.54, 1.807) is 21.7 Å². The van der Waals surface area contributed by atoms with Crippen molar-refractivity contribution in [3.63, 3.8) is 0 Å². The van der Waals surface area contributed by atoms with E-state index < -0.39 is 0 Å². The van der Waals surface area contributed by atoms with E-state index in [2.05, 4.69) is 20.0 Å². The van der Waals surface area contributed by atoms with Crippen LogP contribution in [0.3, 0.4) is 0 Å². The molecule has 176 valence electrons. The molecule has 2 amide bonds. The quantitative estimate of drug-likeness (QED) is 0.589. The molecule has 1 unspecified atom stereocenters. The molecule has 34 heavy (non-hydrogen) atoms. The number of aryl methyl sites for hydroxylation is 2. The summed E-state index contributed by atoms with van der Waals surface area (Å²) in [4.78, 5) is 39.9. The van der Waals surface area contributed by atoms with Crippen LogP contribution in [0.15, 0.2) is 42.7 Å². The molecule has 0 aliphatic carbocycles. The van der Waals surface area contributed by atoms with E-state index in [9.17, 15) is 14.0 Å². The van der Waals surface area contributed by atoms with Gasteiger partial charge in [-0.3, -0.25) is 9.59 Å². The molecule has 0 saturated carbocycles. The highest BCUT2D eigenvalue weighted by Gasteiger charge is 2.38. The van der Waals surface area contributed by atoms with E-state index in [1.807, 2.05) is 30.9 Å². The van der Waals surface area contributed by atoms with E-state index in [4.69, 9.17) is 0 Å². The molecule has 2 aliphatic heterocycles. The molecule has 2 aromatic heterocycles. The van der Waals surface area contributed by atoms with Crippen molar-refractivity contribution in [2.75, 3.05) is 42.5 Å². The van der Waals surface area contributed by atoms with Crippen LogP contribution in [-0.2, 0) is 9.59 Å². The average molecular weight is 464 g/mol. The summed E-state index contributed by atoms with van der Waals surface area (Å²) in [6.45, 7) is 6.64. The molecule has 0 radical (unpaired) electrons. The lowest BCUT2D eigenvalue weighted by atomic mass is 10.1. The Kier molecular flexibility index (Phi) is 5.72. The average Bonchev–Trinajstić information content (AvgIpc) is 3.40. The Morgan fingerprint density at radius 1 is 1.00 bits per heavy atom. The molecule has 0 bridgehead atoms. The number of benzene rings is 1. The van der Waals surface area contributed by atoms with Gasteiger partial charge in [0.15, 0.2) is 5.82 Å². The number of aromatic nitrogens is 4. The van der Waals surface area contributed by atoms with Crippen molar-refractivity contribution in [3.8, 4) is 5.82 Å². The van der Waals surface area contributed by atoms with E-state index in [0.29, 0.717) is 44.2 Å². The zero-order valence-corrected chi connectivity index (χ0v) is 19.2. The zero-order valence-electron chi connectivity index (χ0n) is 19.2. The van der Waals surface area contributed by atoms with Crippen LogP contribution in [0.2, 0.25) is 0 Å². The lowest BCUT2D eigenvalue weighted by Crippen LogP contribution is -2.51. The molecule has 1 aromatic carbocycles. The topological polar surface area (TPSA) is 87.5 Å². The van der Waals surface area contributed by atoms with Crippen molar-refractivity contribution in [1.29, 1.82) is 0 Å². The zero-order chi connectivity index (χ0) is 23.8. The third-order valence-corrected chi connectivity index (χ3v) is 6.39. The maximum atomic E-state index is 13.2. The van der Waals surface area contributed by atoms with E-state index in [0.717, 1.165) is 17.2 Å². The van der Waals surface area contributed by atoms with Gasteiger partial charge in [-0.05, 0) is 44.2 Å². The summed E-state index contributed by atoms with van der Waals surface area (Å²) >= 11 is 0. The first-order valence-electron chi connectivity index (χ1n) is 11.3. The second-order valence-corrected chi connectivity index (χ2v) is 8.77.